The number of piperidine rings is 1. The van der Waals surface area contributed by atoms with E-state index in [1.54, 1.807) is 5.38 Å². The van der Waals surface area contributed by atoms with E-state index >= 15 is 0 Å². The summed E-state index contributed by atoms with van der Waals surface area (Å²) in [6.07, 6.45) is 1.13. The van der Waals surface area contributed by atoms with Gasteiger partial charge in [-0.3, -0.25) is 9.59 Å². The van der Waals surface area contributed by atoms with Crippen molar-refractivity contribution in [2.24, 2.45) is 0 Å². The smallest absolute Gasteiger partial charge is 0.273 e. The highest BCUT2D eigenvalue weighted by Crippen LogP contribution is 2.04. The van der Waals surface area contributed by atoms with Gasteiger partial charge in [-0.1, -0.05) is 4.49 Å². The maximum atomic E-state index is 11.5. The van der Waals surface area contributed by atoms with E-state index in [1.807, 2.05) is 0 Å². The lowest BCUT2D eigenvalue weighted by molar-refractivity contribution is -0.122. The van der Waals surface area contributed by atoms with Crippen molar-refractivity contribution in [1.82, 2.24) is 20.2 Å². The Hall–Kier alpha value is -1.50. The van der Waals surface area contributed by atoms with Gasteiger partial charge in [-0.2, -0.15) is 0 Å². The van der Waals surface area contributed by atoms with Gasteiger partial charge in [0.25, 0.3) is 5.91 Å². The fraction of sp³-hybridized carbons (Fsp3) is 0.500. The summed E-state index contributed by atoms with van der Waals surface area (Å²) in [5.41, 5.74) is 0.330. The van der Waals surface area contributed by atoms with Crippen molar-refractivity contribution in [1.29, 1.82) is 0 Å². The molecule has 1 aliphatic rings. The van der Waals surface area contributed by atoms with Gasteiger partial charge in [0.15, 0.2) is 5.69 Å². The number of aromatic nitrogens is 2. The van der Waals surface area contributed by atoms with Crippen LogP contribution in [0.25, 0.3) is 0 Å². The van der Waals surface area contributed by atoms with Gasteiger partial charge in [0, 0.05) is 24.4 Å². The second-order valence-corrected chi connectivity index (χ2v) is 3.91. The Morgan fingerprint density at radius 1 is 1.67 bits per heavy atom. The molecular weight excluding hydrogens is 216 g/mol. The lowest BCUT2D eigenvalue weighted by atomic mass is 10.1. The molecule has 1 aromatic rings. The molecule has 0 bridgehead atoms. The van der Waals surface area contributed by atoms with Crippen molar-refractivity contribution in [3.8, 4) is 0 Å². The summed E-state index contributed by atoms with van der Waals surface area (Å²) in [7, 11) is 0. The third-order valence-electron chi connectivity index (χ3n) is 2.19. The first-order chi connectivity index (χ1) is 7.25. The lowest BCUT2D eigenvalue weighted by Gasteiger charge is -2.22. The predicted molar refractivity (Wildman–Crippen MR) is 53.4 cm³/mol. The first-order valence-electron chi connectivity index (χ1n) is 4.60. The normalized spacial score (nSPS) is 20.8. The van der Waals surface area contributed by atoms with Gasteiger partial charge in [0.2, 0.25) is 5.91 Å². The molecule has 2 rings (SSSR count). The van der Waals surface area contributed by atoms with Crippen LogP contribution in [0.2, 0.25) is 0 Å². The highest BCUT2D eigenvalue weighted by molar-refractivity contribution is 7.03. The minimum Gasteiger partial charge on any atom is -0.354 e. The van der Waals surface area contributed by atoms with Gasteiger partial charge in [-0.15, -0.1) is 5.10 Å². The molecule has 15 heavy (non-hydrogen) atoms. The molecule has 1 unspecified atom stereocenters. The van der Waals surface area contributed by atoms with Gasteiger partial charge in [-0.25, -0.2) is 0 Å². The van der Waals surface area contributed by atoms with E-state index in [1.165, 1.54) is 0 Å². The van der Waals surface area contributed by atoms with Crippen LogP contribution in [0.1, 0.15) is 23.3 Å². The fourth-order valence-corrected chi connectivity index (χ4v) is 1.82. The summed E-state index contributed by atoms with van der Waals surface area (Å²) in [5, 5.41) is 10.7. The summed E-state index contributed by atoms with van der Waals surface area (Å²) in [6.45, 7) is 0.488. The standard InChI is InChI=1S/C8H10N4O2S/c13-7-2-1-5(3-9-7)10-8(14)6-4-15-12-11-6/h4-5H,1-3H2,(H,9,13)(H,10,14). The monoisotopic (exact) mass is 226 g/mol. The van der Waals surface area contributed by atoms with Gasteiger partial charge in [0.1, 0.15) is 0 Å². The Balaban J connectivity index is 1.87. The predicted octanol–water partition coefficient (Wildman–Crippen LogP) is -0.453. The minimum absolute atomic E-state index is 0.00287. The lowest BCUT2D eigenvalue weighted by Crippen LogP contribution is -2.47. The highest BCUT2D eigenvalue weighted by atomic mass is 32.1. The number of carbonyl (C=O) groups is 2. The van der Waals surface area contributed by atoms with Crippen LogP contribution in [0.3, 0.4) is 0 Å². The number of hydrogen-bond donors (Lipinski definition) is 2. The van der Waals surface area contributed by atoms with E-state index in [2.05, 4.69) is 20.2 Å². The SMILES string of the molecule is O=C1CCC(NC(=O)c2csnn2)CN1. The molecule has 1 atom stereocenters. The van der Waals surface area contributed by atoms with Crippen LogP contribution in [0.4, 0.5) is 0 Å². The molecule has 2 heterocycles. The molecule has 1 aliphatic heterocycles. The molecule has 0 aliphatic carbocycles. The Kier molecular flexibility index (Phi) is 2.91. The third-order valence-corrected chi connectivity index (χ3v) is 2.70. The van der Waals surface area contributed by atoms with Crippen molar-refractivity contribution in [3.05, 3.63) is 11.1 Å². The van der Waals surface area contributed by atoms with Crippen molar-refractivity contribution < 1.29 is 9.59 Å². The Morgan fingerprint density at radius 2 is 2.53 bits per heavy atom. The van der Waals surface area contributed by atoms with Crippen molar-refractivity contribution in [3.63, 3.8) is 0 Å². The molecule has 1 fully saturated rings. The van der Waals surface area contributed by atoms with Crippen LogP contribution in [0, 0.1) is 0 Å². The van der Waals surface area contributed by atoms with Crippen molar-refractivity contribution in [2.75, 3.05) is 6.54 Å². The van der Waals surface area contributed by atoms with E-state index in [9.17, 15) is 9.59 Å². The molecule has 2 N–H and O–H groups in total. The van der Waals surface area contributed by atoms with Gasteiger partial charge in [0.05, 0.1) is 0 Å². The van der Waals surface area contributed by atoms with E-state index in [0.29, 0.717) is 25.1 Å². The summed E-state index contributed by atoms with van der Waals surface area (Å²) >= 11 is 1.14. The molecule has 2 amide bonds. The highest BCUT2D eigenvalue weighted by Gasteiger charge is 2.20. The molecular formula is C8H10N4O2S. The van der Waals surface area contributed by atoms with Crippen LogP contribution in [0.5, 0.6) is 0 Å². The maximum absolute atomic E-state index is 11.5. The second kappa shape index (κ2) is 4.35. The Morgan fingerprint density at radius 3 is 3.13 bits per heavy atom. The fourth-order valence-electron chi connectivity index (χ4n) is 1.38. The molecule has 7 heteroatoms. The van der Waals surface area contributed by atoms with Gasteiger partial charge >= 0.3 is 0 Å². The zero-order valence-corrected chi connectivity index (χ0v) is 8.71. The van der Waals surface area contributed by atoms with Crippen LogP contribution in [-0.2, 0) is 4.79 Å². The van der Waals surface area contributed by atoms with Gasteiger partial charge < -0.3 is 10.6 Å². The summed E-state index contributed by atoms with van der Waals surface area (Å²) in [6, 6.07) is -0.00287. The number of amides is 2. The molecule has 1 saturated heterocycles. The van der Waals surface area contributed by atoms with E-state index in [-0.39, 0.29) is 17.9 Å². The van der Waals surface area contributed by atoms with E-state index in [0.717, 1.165) is 11.5 Å². The summed E-state index contributed by atoms with van der Waals surface area (Å²) in [4.78, 5) is 22.4. The largest absolute Gasteiger partial charge is 0.354 e. The number of nitrogens with one attached hydrogen (secondary N) is 2. The first-order valence-corrected chi connectivity index (χ1v) is 5.44. The molecule has 80 valence electrons. The number of hydrogen-bond acceptors (Lipinski definition) is 5. The maximum Gasteiger partial charge on any atom is 0.273 e. The summed E-state index contributed by atoms with van der Waals surface area (Å²) in [5.74, 6) is -0.194. The number of carbonyl (C=O) groups excluding carboxylic acids is 2. The molecule has 0 aromatic carbocycles. The van der Waals surface area contributed by atoms with Crippen LogP contribution < -0.4 is 10.6 Å². The minimum atomic E-state index is -0.232. The topological polar surface area (TPSA) is 84.0 Å². The average Bonchev–Trinajstić information content (AvgIpc) is 2.74. The Bertz CT molecular complexity index is 355. The van der Waals surface area contributed by atoms with Crippen LogP contribution in [0.15, 0.2) is 5.38 Å². The molecule has 6 nitrogen and oxygen atoms in total. The van der Waals surface area contributed by atoms with E-state index < -0.39 is 0 Å². The first kappa shape index (κ1) is 10.0. The zero-order chi connectivity index (χ0) is 10.7. The Labute approximate surface area is 90.2 Å². The summed E-state index contributed by atoms with van der Waals surface area (Å²) < 4.78 is 3.61. The molecule has 0 saturated carbocycles. The average molecular weight is 226 g/mol. The zero-order valence-electron chi connectivity index (χ0n) is 7.90. The van der Waals surface area contributed by atoms with Crippen LogP contribution in [-0.4, -0.2) is 34.0 Å². The quantitative estimate of drug-likeness (QED) is 0.715. The number of nitrogens with zero attached hydrogens (tertiary/aromatic N) is 2. The molecule has 0 radical (unpaired) electrons. The molecule has 0 spiro atoms. The van der Waals surface area contributed by atoms with Crippen LogP contribution >= 0.6 is 11.5 Å². The van der Waals surface area contributed by atoms with E-state index in [4.69, 9.17) is 0 Å². The molecule has 1 aromatic heterocycles. The van der Waals surface area contributed by atoms with Gasteiger partial charge in [-0.05, 0) is 18.0 Å². The third kappa shape index (κ3) is 2.50. The van der Waals surface area contributed by atoms with Crippen molar-refractivity contribution >= 4 is 23.3 Å². The van der Waals surface area contributed by atoms with Crippen molar-refractivity contribution in [2.45, 2.75) is 18.9 Å². The second-order valence-electron chi connectivity index (χ2n) is 3.30. The number of rotatable bonds is 2.